The van der Waals surface area contributed by atoms with E-state index in [1.165, 1.54) is 5.56 Å². The smallest absolute Gasteiger partial charge is 0.216 e. The van der Waals surface area contributed by atoms with E-state index in [2.05, 4.69) is 54.8 Å². The van der Waals surface area contributed by atoms with Crippen LogP contribution in [0.2, 0.25) is 0 Å². The van der Waals surface area contributed by atoms with E-state index in [1.54, 1.807) is 0 Å². The molecule has 0 amide bonds. The molecule has 0 aliphatic carbocycles. The molecular weight excluding hydrogens is 284 g/mol. The third-order valence-electron chi connectivity index (χ3n) is 4.46. The van der Waals surface area contributed by atoms with Crippen LogP contribution in [0.15, 0.2) is 53.2 Å². The molecule has 23 heavy (non-hydrogen) atoms. The van der Waals surface area contributed by atoms with Crippen molar-refractivity contribution in [3.63, 3.8) is 0 Å². The zero-order valence-corrected chi connectivity index (χ0v) is 13.6. The summed E-state index contributed by atoms with van der Waals surface area (Å²) in [6, 6.07) is 12.5. The minimum absolute atomic E-state index is 0.870. The van der Waals surface area contributed by atoms with Crippen molar-refractivity contribution < 1.29 is 8.98 Å². The molecule has 0 atom stereocenters. The maximum absolute atomic E-state index is 6.17. The molecule has 0 aliphatic heterocycles. The zero-order valence-electron chi connectivity index (χ0n) is 13.6. The molecule has 0 bridgehead atoms. The number of fused-ring (bicyclic) bond motifs is 3. The third-order valence-corrected chi connectivity index (χ3v) is 4.46. The molecule has 1 aromatic carbocycles. The minimum atomic E-state index is 0.870. The van der Waals surface area contributed by atoms with Crippen LogP contribution in [-0.4, -0.2) is 4.98 Å². The topological polar surface area (TPSA) is 29.9 Å². The fraction of sp³-hybridized carbons (Fsp3) is 0.200. The van der Waals surface area contributed by atoms with Crippen LogP contribution in [0.3, 0.4) is 0 Å². The SMILES string of the molecule is CCc1cc[n+](C)c(-c2c(C)cnc3c2oc2ccccc23)c1. The Morgan fingerprint density at radius 2 is 2.00 bits per heavy atom. The Morgan fingerprint density at radius 3 is 2.83 bits per heavy atom. The fourth-order valence-electron chi connectivity index (χ4n) is 3.13. The molecule has 0 N–H and O–H groups in total. The number of hydrogen-bond acceptors (Lipinski definition) is 2. The molecule has 0 spiro atoms. The van der Waals surface area contributed by atoms with Crippen molar-refractivity contribution in [2.45, 2.75) is 20.3 Å². The van der Waals surface area contributed by atoms with Crippen molar-refractivity contribution in [1.82, 2.24) is 4.98 Å². The van der Waals surface area contributed by atoms with Gasteiger partial charge in [0, 0.05) is 23.7 Å². The summed E-state index contributed by atoms with van der Waals surface area (Å²) >= 11 is 0. The van der Waals surface area contributed by atoms with E-state index in [-0.39, 0.29) is 0 Å². The third kappa shape index (κ3) is 2.12. The number of benzene rings is 1. The first-order valence-corrected chi connectivity index (χ1v) is 7.95. The van der Waals surface area contributed by atoms with Crippen molar-refractivity contribution >= 4 is 22.1 Å². The summed E-state index contributed by atoms with van der Waals surface area (Å²) in [6.07, 6.45) is 5.07. The largest absolute Gasteiger partial charge is 0.453 e. The first-order chi connectivity index (χ1) is 11.2. The van der Waals surface area contributed by atoms with Gasteiger partial charge >= 0.3 is 0 Å². The van der Waals surface area contributed by atoms with Crippen LogP contribution >= 0.6 is 0 Å². The summed E-state index contributed by atoms with van der Waals surface area (Å²) in [5.41, 5.74) is 7.42. The molecule has 3 heteroatoms. The lowest BCUT2D eigenvalue weighted by atomic mass is 10.0. The summed E-state index contributed by atoms with van der Waals surface area (Å²) < 4.78 is 8.32. The van der Waals surface area contributed by atoms with Crippen LogP contribution < -0.4 is 4.57 Å². The molecule has 0 saturated carbocycles. The van der Waals surface area contributed by atoms with Crippen molar-refractivity contribution in [1.29, 1.82) is 0 Å². The first kappa shape index (κ1) is 13.9. The van der Waals surface area contributed by atoms with E-state index in [9.17, 15) is 0 Å². The number of pyridine rings is 2. The molecule has 0 saturated heterocycles. The van der Waals surface area contributed by atoms with Crippen molar-refractivity contribution in [2.24, 2.45) is 7.05 Å². The van der Waals surface area contributed by atoms with Gasteiger partial charge in [0.2, 0.25) is 5.69 Å². The Bertz CT molecular complexity index is 1030. The van der Waals surface area contributed by atoms with Gasteiger partial charge in [0.25, 0.3) is 0 Å². The van der Waals surface area contributed by atoms with E-state index in [0.29, 0.717) is 0 Å². The highest BCUT2D eigenvalue weighted by Gasteiger charge is 2.21. The molecular formula is C20H19N2O+. The van der Waals surface area contributed by atoms with E-state index in [4.69, 9.17) is 4.42 Å². The van der Waals surface area contributed by atoms with Gasteiger partial charge in [0.15, 0.2) is 11.8 Å². The monoisotopic (exact) mass is 303 g/mol. The van der Waals surface area contributed by atoms with Crippen LogP contribution in [-0.2, 0) is 13.5 Å². The summed E-state index contributed by atoms with van der Waals surface area (Å²) in [7, 11) is 2.07. The molecule has 3 nitrogen and oxygen atoms in total. The molecule has 114 valence electrons. The van der Waals surface area contributed by atoms with Gasteiger partial charge in [-0.3, -0.25) is 4.98 Å². The molecule has 0 fully saturated rings. The van der Waals surface area contributed by atoms with Gasteiger partial charge in [-0.1, -0.05) is 19.1 Å². The Balaban J connectivity index is 2.12. The Labute approximate surface area is 135 Å². The van der Waals surface area contributed by atoms with Gasteiger partial charge in [0.1, 0.15) is 18.1 Å². The lowest BCUT2D eigenvalue weighted by Crippen LogP contribution is -2.30. The number of furan rings is 1. The highest BCUT2D eigenvalue weighted by molar-refractivity contribution is 6.07. The summed E-state index contributed by atoms with van der Waals surface area (Å²) in [6.45, 7) is 4.27. The van der Waals surface area contributed by atoms with Gasteiger partial charge in [-0.2, -0.15) is 0 Å². The second-order valence-electron chi connectivity index (χ2n) is 5.98. The molecule has 4 aromatic rings. The summed E-state index contributed by atoms with van der Waals surface area (Å²) in [5.74, 6) is 0. The molecule has 4 rings (SSSR count). The number of hydrogen-bond donors (Lipinski definition) is 0. The van der Waals surface area contributed by atoms with E-state index >= 15 is 0 Å². The second-order valence-corrected chi connectivity index (χ2v) is 5.98. The maximum atomic E-state index is 6.17. The minimum Gasteiger partial charge on any atom is -0.453 e. The first-order valence-electron chi connectivity index (χ1n) is 7.95. The molecule has 0 aliphatic rings. The Morgan fingerprint density at radius 1 is 1.17 bits per heavy atom. The van der Waals surface area contributed by atoms with Crippen molar-refractivity contribution in [3.05, 3.63) is 59.9 Å². The van der Waals surface area contributed by atoms with Gasteiger partial charge in [0.05, 0.1) is 5.56 Å². The van der Waals surface area contributed by atoms with Crippen LogP contribution in [0, 0.1) is 6.92 Å². The van der Waals surface area contributed by atoms with E-state index in [0.717, 1.165) is 45.3 Å². The van der Waals surface area contributed by atoms with Crippen molar-refractivity contribution in [2.75, 3.05) is 0 Å². The predicted molar refractivity (Wildman–Crippen MR) is 92.2 cm³/mol. The second kappa shape index (κ2) is 5.20. The van der Waals surface area contributed by atoms with Crippen LogP contribution in [0.25, 0.3) is 33.3 Å². The maximum Gasteiger partial charge on any atom is 0.216 e. The highest BCUT2D eigenvalue weighted by Crippen LogP contribution is 2.35. The Kier molecular flexibility index (Phi) is 3.15. The molecule has 3 heterocycles. The standard InChI is InChI=1S/C20H19N2O/c1-4-14-9-10-22(3)16(11-14)18-13(2)12-21-19-15-7-5-6-8-17(15)23-20(18)19/h5-12H,4H2,1-3H3/q+1. The van der Waals surface area contributed by atoms with Crippen molar-refractivity contribution in [3.8, 4) is 11.3 Å². The van der Waals surface area contributed by atoms with Gasteiger partial charge in [-0.15, -0.1) is 0 Å². The quantitative estimate of drug-likeness (QED) is 0.515. The van der Waals surface area contributed by atoms with Gasteiger partial charge in [-0.05, 0) is 36.6 Å². The fourth-order valence-corrected chi connectivity index (χ4v) is 3.13. The number of aromatic nitrogens is 2. The van der Waals surface area contributed by atoms with Crippen LogP contribution in [0.5, 0.6) is 0 Å². The number of rotatable bonds is 2. The molecule has 0 radical (unpaired) electrons. The molecule has 3 aromatic heterocycles. The number of para-hydroxylation sites is 1. The normalized spacial score (nSPS) is 11.4. The lowest BCUT2D eigenvalue weighted by Gasteiger charge is -2.06. The number of aryl methyl sites for hydroxylation is 3. The average molecular weight is 303 g/mol. The van der Waals surface area contributed by atoms with E-state index < -0.39 is 0 Å². The van der Waals surface area contributed by atoms with Crippen LogP contribution in [0.1, 0.15) is 18.1 Å². The van der Waals surface area contributed by atoms with Crippen LogP contribution in [0.4, 0.5) is 0 Å². The predicted octanol–water partition coefficient (Wildman–Crippen LogP) is 4.34. The Hall–Kier alpha value is -2.68. The zero-order chi connectivity index (χ0) is 16.0. The summed E-state index contributed by atoms with van der Waals surface area (Å²) in [5, 5.41) is 1.07. The number of nitrogens with zero attached hydrogens (tertiary/aromatic N) is 2. The highest BCUT2D eigenvalue weighted by atomic mass is 16.3. The van der Waals surface area contributed by atoms with Gasteiger partial charge < -0.3 is 4.42 Å². The van der Waals surface area contributed by atoms with E-state index in [1.807, 2.05) is 24.4 Å². The molecule has 0 unspecified atom stereocenters. The van der Waals surface area contributed by atoms with Gasteiger partial charge in [-0.25, -0.2) is 4.57 Å². The average Bonchev–Trinajstić information content (AvgIpc) is 2.94. The lowest BCUT2D eigenvalue weighted by molar-refractivity contribution is -0.660. The summed E-state index contributed by atoms with van der Waals surface area (Å²) in [4.78, 5) is 4.62.